The molecule has 1 aliphatic carbocycles. The van der Waals surface area contributed by atoms with Crippen molar-refractivity contribution in [3.05, 3.63) is 12.2 Å². The van der Waals surface area contributed by atoms with E-state index in [-0.39, 0.29) is 5.97 Å². The van der Waals surface area contributed by atoms with Crippen LogP contribution in [0.3, 0.4) is 0 Å². The summed E-state index contributed by atoms with van der Waals surface area (Å²) in [7, 11) is 0. The van der Waals surface area contributed by atoms with Gasteiger partial charge in [0.15, 0.2) is 0 Å². The van der Waals surface area contributed by atoms with E-state index in [1.165, 1.54) is 31.8 Å². The van der Waals surface area contributed by atoms with Crippen LogP contribution in [0.1, 0.15) is 45.4 Å². The minimum absolute atomic E-state index is 0.285. The highest BCUT2D eigenvalue weighted by molar-refractivity contribution is 5.81. The van der Waals surface area contributed by atoms with Crippen molar-refractivity contribution in [2.45, 2.75) is 51.6 Å². The third-order valence-electron chi connectivity index (χ3n) is 2.77. The molecule has 3 nitrogen and oxygen atoms in total. The molecule has 0 saturated heterocycles. The molecule has 0 aromatic carbocycles. The standard InChI is InChI=1S/C13H22O3/c1-2-15-13(14)10-7-11-16-12-8-5-3-4-6-9-12/h7,10,12H,2-6,8-9,11H2,1H3/b10-7+. The van der Waals surface area contributed by atoms with Crippen molar-refractivity contribution in [2.75, 3.05) is 13.2 Å². The van der Waals surface area contributed by atoms with Gasteiger partial charge in [-0.3, -0.25) is 0 Å². The Morgan fingerprint density at radius 3 is 2.56 bits per heavy atom. The van der Waals surface area contributed by atoms with Crippen molar-refractivity contribution < 1.29 is 14.3 Å². The zero-order chi connectivity index (χ0) is 11.6. The molecule has 1 fully saturated rings. The normalized spacial score (nSPS) is 18.6. The highest BCUT2D eigenvalue weighted by Gasteiger charge is 2.11. The first kappa shape index (κ1) is 13.2. The summed E-state index contributed by atoms with van der Waals surface area (Å²) in [4.78, 5) is 11.0. The SMILES string of the molecule is CCOC(=O)/C=C/COC1CCCCCC1. The summed E-state index contributed by atoms with van der Waals surface area (Å²) >= 11 is 0. The van der Waals surface area contributed by atoms with E-state index in [4.69, 9.17) is 9.47 Å². The van der Waals surface area contributed by atoms with Crippen LogP contribution in [0.25, 0.3) is 0 Å². The molecular weight excluding hydrogens is 204 g/mol. The summed E-state index contributed by atoms with van der Waals surface area (Å²) in [6, 6.07) is 0. The van der Waals surface area contributed by atoms with E-state index in [1.54, 1.807) is 13.0 Å². The van der Waals surface area contributed by atoms with Crippen LogP contribution in [0.4, 0.5) is 0 Å². The maximum Gasteiger partial charge on any atom is 0.330 e. The van der Waals surface area contributed by atoms with Gasteiger partial charge in [0.05, 0.1) is 19.3 Å². The average Bonchev–Trinajstić information content (AvgIpc) is 2.53. The van der Waals surface area contributed by atoms with Crippen molar-refractivity contribution in [3.8, 4) is 0 Å². The minimum atomic E-state index is -0.285. The van der Waals surface area contributed by atoms with Gasteiger partial charge in [-0.15, -0.1) is 0 Å². The monoisotopic (exact) mass is 226 g/mol. The highest BCUT2D eigenvalue weighted by atomic mass is 16.5. The molecule has 1 rings (SSSR count). The Kier molecular flexibility index (Phi) is 6.90. The molecule has 0 aromatic rings. The topological polar surface area (TPSA) is 35.5 Å². The lowest BCUT2D eigenvalue weighted by Crippen LogP contribution is -2.11. The molecule has 0 amide bonds. The molecule has 0 bridgehead atoms. The second kappa shape index (κ2) is 8.34. The van der Waals surface area contributed by atoms with Gasteiger partial charge >= 0.3 is 5.97 Å². The predicted octanol–water partition coefficient (Wildman–Crippen LogP) is 2.85. The van der Waals surface area contributed by atoms with Crippen molar-refractivity contribution >= 4 is 5.97 Å². The van der Waals surface area contributed by atoms with Crippen LogP contribution >= 0.6 is 0 Å². The number of rotatable bonds is 5. The zero-order valence-corrected chi connectivity index (χ0v) is 10.1. The van der Waals surface area contributed by atoms with E-state index < -0.39 is 0 Å². The molecule has 0 radical (unpaired) electrons. The van der Waals surface area contributed by atoms with Crippen LogP contribution < -0.4 is 0 Å². The van der Waals surface area contributed by atoms with Gasteiger partial charge in [0.1, 0.15) is 0 Å². The number of carbonyl (C=O) groups excluding carboxylic acids is 1. The zero-order valence-electron chi connectivity index (χ0n) is 10.1. The molecular formula is C13H22O3. The van der Waals surface area contributed by atoms with Crippen LogP contribution in [-0.2, 0) is 14.3 Å². The third-order valence-corrected chi connectivity index (χ3v) is 2.77. The van der Waals surface area contributed by atoms with Crippen LogP contribution in [-0.4, -0.2) is 25.3 Å². The molecule has 0 heterocycles. The Hall–Kier alpha value is -0.830. The van der Waals surface area contributed by atoms with Gasteiger partial charge in [-0.25, -0.2) is 4.79 Å². The van der Waals surface area contributed by atoms with Gasteiger partial charge in [-0.1, -0.05) is 31.8 Å². The average molecular weight is 226 g/mol. The number of esters is 1. The van der Waals surface area contributed by atoms with Crippen LogP contribution in [0.2, 0.25) is 0 Å². The largest absolute Gasteiger partial charge is 0.463 e. The fourth-order valence-electron chi connectivity index (χ4n) is 1.93. The molecule has 1 saturated carbocycles. The number of hydrogen-bond donors (Lipinski definition) is 0. The Labute approximate surface area is 97.8 Å². The molecule has 0 aliphatic heterocycles. The molecule has 92 valence electrons. The summed E-state index contributed by atoms with van der Waals surface area (Å²) in [5, 5.41) is 0. The van der Waals surface area contributed by atoms with E-state index in [1.807, 2.05) is 0 Å². The van der Waals surface area contributed by atoms with Crippen molar-refractivity contribution in [3.63, 3.8) is 0 Å². The second-order valence-corrected chi connectivity index (χ2v) is 4.10. The smallest absolute Gasteiger partial charge is 0.330 e. The molecule has 0 atom stereocenters. The molecule has 0 aromatic heterocycles. The van der Waals surface area contributed by atoms with E-state index in [9.17, 15) is 4.79 Å². The number of carbonyl (C=O) groups is 1. The van der Waals surface area contributed by atoms with Gasteiger partial charge in [0.25, 0.3) is 0 Å². The summed E-state index contributed by atoms with van der Waals surface area (Å²) in [6.45, 7) is 2.74. The summed E-state index contributed by atoms with van der Waals surface area (Å²) in [5.41, 5.74) is 0. The van der Waals surface area contributed by atoms with Crippen molar-refractivity contribution in [1.29, 1.82) is 0 Å². The maximum atomic E-state index is 11.0. The van der Waals surface area contributed by atoms with Crippen LogP contribution in [0, 0.1) is 0 Å². The molecule has 0 N–H and O–H groups in total. The Morgan fingerprint density at radius 1 is 1.25 bits per heavy atom. The van der Waals surface area contributed by atoms with E-state index >= 15 is 0 Å². The maximum absolute atomic E-state index is 11.0. The van der Waals surface area contributed by atoms with Crippen LogP contribution in [0.15, 0.2) is 12.2 Å². The predicted molar refractivity (Wildman–Crippen MR) is 63.2 cm³/mol. The first-order chi connectivity index (χ1) is 7.83. The van der Waals surface area contributed by atoms with Gasteiger partial charge in [-0.05, 0) is 19.8 Å². The first-order valence-corrected chi connectivity index (χ1v) is 6.28. The summed E-state index contributed by atoms with van der Waals surface area (Å²) in [6.07, 6.45) is 11.1. The van der Waals surface area contributed by atoms with E-state index in [0.717, 1.165) is 12.8 Å². The van der Waals surface area contributed by atoms with Crippen molar-refractivity contribution in [2.24, 2.45) is 0 Å². The molecule has 0 unspecified atom stereocenters. The van der Waals surface area contributed by atoms with Gasteiger partial charge in [-0.2, -0.15) is 0 Å². The number of hydrogen-bond acceptors (Lipinski definition) is 3. The second-order valence-electron chi connectivity index (χ2n) is 4.10. The first-order valence-electron chi connectivity index (χ1n) is 6.28. The molecule has 16 heavy (non-hydrogen) atoms. The quantitative estimate of drug-likeness (QED) is 0.411. The van der Waals surface area contributed by atoms with Gasteiger partial charge in [0.2, 0.25) is 0 Å². The lowest BCUT2D eigenvalue weighted by molar-refractivity contribution is -0.137. The Bertz CT molecular complexity index is 215. The van der Waals surface area contributed by atoms with E-state index in [0.29, 0.717) is 19.3 Å². The van der Waals surface area contributed by atoms with E-state index in [2.05, 4.69) is 0 Å². The Morgan fingerprint density at radius 2 is 1.94 bits per heavy atom. The Balaban J connectivity index is 2.11. The fourth-order valence-corrected chi connectivity index (χ4v) is 1.93. The lowest BCUT2D eigenvalue weighted by Gasteiger charge is -2.13. The van der Waals surface area contributed by atoms with Crippen LogP contribution in [0.5, 0.6) is 0 Å². The minimum Gasteiger partial charge on any atom is -0.463 e. The molecule has 0 spiro atoms. The number of ether oxygens (including phenoxy) is 2. The van der Waals surface area contributed by atoms with Gasteiger partial charge < -0.3 is 9.47 Å². The highest BCUT2D eigenvalue weighted by Crippen LogP contribution is 2.19. The fraction of sp³-hybridized carbons (Fsp3) is 0.769. The third kappa shape index (κ3) is 5.91. The van der Waals surface area contributed by atoms with Crippen molar-refractivity contribution in [1.82, 2.24) is 0 Å². The molecule has 3 heteroatoms. The summed E-state index contributed by atoms with van der Waals surface area (Å²) in [5.74, 6) is -0.285. The van der Waals surface area contributed by atoms with Gasteiger partial charge in [0, 0.05) is 6.08 Å². The lowest BCUT2D eigenvalue weighted by atomic mass is 10.1. The molecule has 1 aliphatic rings. The summed E-state index contributed by atoms with van der Waals surface area (Å²) < 4.78 is 10.5.